The van der Waals surface area contributed by atoms with Gasteiger partial charge in [-0.15, -0.1) is 0 Å². The molecule has 0 aliphatic rings. The van der Waals surface area contributed by atoms with Crippen LogP contribution >= 0.6 is 0 Å². The molecule has 0 aromatic heterocycles. The molecule has 0 saturated carbocycles. The Morgan fingerprint density at radius 2 is 1.07 bits per heavy atom. The van der Waals surface area contributed by atoms with Crippen LogP contribution in [0.5, 0.6) is 0 Å². The Morgan fingerprint density at radius 1 is 0.628 bits per heavy atom. The van der Waals surface area contributed by atoms with Crippen LogP contribution in [0, 0.1) is 0 Å². The SMILES string of the molecule is CCCCOC(=O)CC(OCCCC)(C(=O)OCCCC)C(OC(CC(=O)O)(CC(=O)O)C(=O)O)C(=O)OCCCC.N. The summed E-state index contributed by atoms with van der Waals surface area (Å²) in [5.74, 6) is -9.22. The van der Waals surface area contributed by atoms with E-state index < -0.39 is 72.4 Å². The Labute approximate surface area is 252 Å². The fourth-order valence-corrected chi connectivity index (χ4v) is 3.67. The average molecular weight is 624 g/mol. The molecule has 0 radical (unpaired) electrons. The standard InChI is InChI=1S/C28H46O14.H3N/c1-5-9-13-38-22(33)19-28(41-16-12-8-4,26(37)40-15-11-7-3)23(24(34)39-14-10-6-2)42-27(25(35)36,17-20(29)30)18-21(31)32;/h23H,5-19H2,1-4H3,(H,29,30)(H,31,32)(H,35,36);1H3. The minimum absolute atomic E-state index is 0. The Balaban J connectivity index is 0. The van der Waals surface area contributed by atoms with Crippen molar-refractivity contribution in [3.8, 4) is 0 Å². The van der Waals surface area contributed by atoms with Crippen LogP contribution in [0.1, 0.15) is 98.3 Å². The third-order valence-corrected chi connectivity index (χ3v) is 6.09. The number of hydrogen-bond donors (Lipinski definition) is 4. The van der Waals surface area contributed by atoms with Crippen LogP contribution in [0.15, 0.2) is 0 Å². The molecule has 0 aliphatic heterocycles. The fourth-order valence-electron chi connectivity index (χ4n) is 3.67. The normalized spacial score (nSPS) is 13.1. The van der Waals surface area contributed by atoms with E-state index in [2.05, 4.69) is 0 Å². The third-order valence-electron chi connectivity index (χ3n) is 6.09. The molecule has 250 valence electrons. The van der Waals surface area contributed by atoms with Crippen molar-refractivity contribution < 1.29 is 67.8 Å². The summed E-state index contributed by atoms with van der Waals surface area (Å²) in [5.41, 5.74) is -5.77. The maximum absolute atomic E-state index is 13.8. The van der Waals surface area contributed by atoms with Crippen LogP contribution < -0.4 is 6.15 Å². The molecule has 15 heteroatoms. The molecule has 0 amide bonds. The van der Waals surface area contributed by atoms with E-state index in [9.17, 15) is 44.1 Å². The topological polar surface area (TPSA) is 244 Å². The van der Waals surface area contributed by atoms with E-state index in [4.69, 9.17) is 23.7 Å². The minimum atomic E-state index is -3.07. The zero-order chi connectivity index (χ0) is 32.2. The molecular weight excluding hydrogens is 574 g/mol. The predicted octanol–water partition coefficient (Wildman–Crippen LogP) is 3.28. The molecule has 0 spiro atoms. The Kier molecular flexibility index (Phi) is 21.7. The lowest BCUT2D eigenvalue weighted by Crippen LogP contribution is -2.63. The van der Waals surface area contributed by atoms with Crippen molar-refractivity contribution in [2.45, 2.75) is 116 Å². The molecule has 2 unspecified atom stereocenters. The van der Waals surface area contributed by atoms with Crippen molar-refractivity contribution in [3.05, 3.63) is 0 Å². The summed E-state index contributed by atoms with van der Waals surface area (Å²) >= 11 is 0. The highest BCUT2D eigenvalue weighted by Gasteiger charge is 2.60. The first-order valence-corrected chi connectivity index (χ1v) is 14.3. The molecule has 0 fully saturated rings. The molecule has 0 saturated heterocycles. The van der Waals surface area contributed by atoms with Crippen molar-refractivity contribution in [1.82, 2.24) is 6.15 Å². The summed E-state index contributed by atoms with van der Waals surface area (Å²) in [6, 6.07) is 0. The molecule has 43 heavy (non-hydrogen) atoms. The van der Waals surface area contributed by atoms with Gasteiger partial charge >= 0.3 is 35.8 Å². The summed E-state index contributed by atoms with van der Waals surface area (Å²) in [5, 5.41) is 29.0. The van der Waals surface area contributed by atoms with Gasteiger partial charge < -0.3 is 45.2 Å². The van der Waals surface area contributed by atoms with Crippen LogP contribution in [0.2, 0.25) is 0 Å². The lowest BCUT2D eigenvalue weighted by atomic mass is 9.88. The summed E-state index contributed by atoms with van der Waals surface area (Å²) < 4.78 is 27.3. The summed E-state index contributed by atoms with van der Waals surface area (Å²) in [6.45, 7) is 6.63. The van der Waals surface area contributed by atoms with Gasteiger partial charge in [0.05, 0.1) is 39.1 Å². The van der Waals surface area contributed by atoms with Gasteiger partial charge in [-0.1, -0.05) is 53.4 Å². The average Bonchev–Trinajstić information content (AvgIpc) is 2.90. The lowest BCUT2D eigenvalue weighted by Gasteiger charge is -2.40. The number of esters is 3. The van der Waals surface area contributed by atoms with E-state index >= 15 is 0 Å². The minimum Gasteiger partial charge on any atom is -0.481 e. The van der Waals surface area contributed by atoms with Crippen molar-refractivity contribution in [2.75, 3.05) is 26.4 Å². The smallest absolute Gasteiger partial charge is 0.342 e. The first-order valence-electron chi connectivity index (χ1n) is 14.3. The first kappa shape index (κ1) is 41.8. The number of ether oxygens (including phenoxy) is 5. The van der Waals surface area contributed by atoms with E-state index in [0.717, 1.165) is 0 Å². The van der Waals surface area contributed by atoms with Crippen molar-refractivity contribution in [2.24, 2.45) is 0 Å². The number of unbranched alkanes of at least 4 members (excludes halogenated alkanes) is 4. The van der Waals surface area contributed by atoms with Crippen molar-refractivity contribution in [3.63, 3.8) is 0 Å². The zero-order valence-electron chi connectivity index (χ0n) is 25.7. The number of aliphatic carboxylic acids is 3. The van der Waals surface area contributed by atoms with Gasteiger partial charge in [-0.05, 0) is 25.7 Å². The third kappa shape index (κ3) is 14.6. The predicted molar refractivity (Wildman–Crippen MR) is 151 cm³/mol. The number of carboxylic acids is 3. The Hall–Kier alpha value is -3.30. The molecule has 0 bridgehead atoms. The molecule has 0 aliphatic carbocycles. The highest BCUT2D eigenvalue weighted by Crippen LogP contribution is 2.34. The summed E-state index contributed by atoms with van der Waals surface area (Å²) in [7, 11) is 0. The molecule has 6 N–H and O–H groups in total. The van der Waals surface area contributed by atoms with Gasteiger partial charge in [0.2, 0.25) is 5.60 Å². The summed E-state index contributed by atoms with van der Waals surface area (Å²) in [4.78, 5) is 76.2. The van der Waals surface area contributed by atoms with E-state index in [1.807, 2.05) is 13.8 Å². The molecular formula is C28H49NO14. The van der Waals surface area contributed by atoms with E-state index in [1.165, 1.54) is 0 Å². The largest absolute Gasteiger partial charge is 0.481 e. The quantitative estimate of drug-likeness (QED) is 0.0647. The number of rotatable bonds is 25. The van der Waals surface area contributed by atoms with Crippen LogP contribution in [-0.4, -0.2) is 94.9 Å². The fraction of sp³-hybridized carbons (Fsp3) is 0.786. The second-order valence-corrected chi connectivity index (χ2v) is 9.79. The van der Waals surface area contributed by atoms with Gasteiger partial charge in [0.15, 0.2) is 11.7 Å². The molecule has 2 atom stereocenters. The van der Waals surface area contributed by atoms with Crippen LogP contribution in [0.25, 0.3) is 0 Å². The molecule has 0 heterocycles. The van der Waals surface area contributed by atoms with Gasteiger partial charge in [-0.25, -0.2) is 14.4 Å². The van der Waals surface area contributed by atoms with E-state index in [0.29, 0.717) is 51.4 Å². The lowest BCUT2D eigenvalue weighted by molar-refractivity contribution is -0.234. The van der Waals surface area contributed by atoms with Crippen LogP contribution in [0.3, 0.4) is 0 Å². The van der Waals surface area contributed by atoms with Crippen molar-refractivity contribution >= 4 is 35.8 Å². The van der Waals surface area contributed by atoms with Gasteiger partial charge in [-0.2, -0.15) is 0 Å². The molecule has 0 rings (SSSR count). The van der Waals surface area contributed by atoms with E-state index in [-0.39, 0.29) is 32.6 Å². The number of carbonyl (C=O) groups excluding carboxylic acids is 3. The zero-order valence-corrected chi connectivity index (χ0v) is 25.7. The number of carbonyl (C=O) groups is 6. The second kappa shape index (κ2) is 22.3. The maximum Gasteiger partial charge on any atom is 0.342 e. The second-order valence-electron chi connectivity index (χ2n) is 9.79. The van der Waals surface area contributed by atoms with Crippen LogP contribution in [0.4, 0.5) is 0 Å². The van der Waals surface area contributed by atoms with Crippen LogP contribution in [-0.2, 0) is 52.5 Å². The monoisotopic (exact) mass is 623 g/mol. The van der Waals surface area contributed by atoms with Crippen molar-refractivity contribution in [1.29, 1.82) is 0 Å². The van der Waals surface area contributed by atoms with E-state index in [1.54, 1.807) is 13.8 Å². The van der Waals surface area contributed by atoms with Gasteiger partial charge in [0.25, 0.3) is 0 Å². The molecule has 15 nitrogen and oxygen atoms in total. The maximum atomic E-state index is 13.8. The summed E-state index contributed by atoms with van der Waals surface area (Å²) in [6.07, 6.45) is -2.28. The van der Waals surface area contributed by atoms with Gasteiger partial charge in [-0.3, -0.25) is 14.4 Å². The first-order chi connectivity index (χ1) is 19.8. The van der Waals surface area contributed by atoms with Gasteiger partial charge in [0.1, 0.15) is 0 Å². The number of hydrogen-bond acceptors (Lipinski definition) is 12. The van der Waals surface area contributed by atoms with Gasteiger partial charge in [0, 0.05) is 6.61 Å². The molecule has 0 aromatic carbocycles. The Bertz CT molecular complexity index is 877. The highest BCUT2D eigenvalue weighted by atomic mass is 16.6. The highest BCUT2D eigenvalue weighted by molar-refractivity contribution is 5.94. The number of carboxylic acid groups (broad SMARTS) is 3. The Morgan fingerprint density at radius 3 is 1.51 bits per heavy atom. The molecule has 0 aromatic rings.